The first kappa shape index (κ1) is 17.4. The molecule has 0 fully saturated rings. The van der Waals surface area contributed by atoms with Gasteiger partial charge >= 0.3 is 0 Å². The summed E-state index contributed by atoms with van der Waals surface area (Å²) in [4.78, 5) is 11.8. The summed E-state index contributed by atoms with van der Waals surface area (Å²) < 4.78 is 0.870. The number of nitrogens with one attached hydrogen (secondary N) is 1. The highest BCUT2D eigenvalue weighted by Crippen LogP contribution is 2.11. The van der Waals surface area contributed by atoms with Gasteiger partial charge in [0.2, 0.25) is 0 Å². The maximum atomic E-state index is 11.8. The van der Waals surface area contributed by atoms with Crippen molar-refractivity contribution in [2.45, 2.75) is 33.6 Å². The molecular weight excluding hydrogens is 328 g/mol. The van der Waals surface area contributed by atoms with E-state index in [2.05, 4.69) is 53.3 Å². The minimum absolute atomic E-state index is 0.219. The van der Waals surface area contributed by atoms with Gasteiger partial charge in [0.1, 0.15) is 0 Å². The summed E-state index contributed by atoms with van der Waals surface area (Å²) in [6.45, 7) is 6.25. The van der Waals surface area contributed by atoms with E-state index in [9.17, 15) is 4.79 Å². The van der Waals surface area contributed by atoms with E-state index in [4.69, 9.17) is 0 Å². The van der Waals surface area contributed by atoms with E-state index in [0.29, 0.717) is 5.56 Å². The van der Waals surface area contributed by atoms with Gasteiger partial charge in [0, 0.05) is 16.3 Å². The highest BCUT2D eigenvalue weighted by atomic mass is 79.9. The maximum absolute atomic E-state index is 11.8. The summed E-state index contributed by atoms with van der Waals surface area (Å²) in [5.41, 5.74) is 5.64. The third-order valence-corrected chi connectivity index (χ3v) is 3.27. The number of carbonyl (C=O) groups is 1. The normalized spacial score (nSPS) is 11.5. The van der Waals surface area contributed by atoms with Gasteiger partial charge in [0.25, 0.3) is 5.91 Å². The molecule has 0 heterocycles. The second-order valence-electron chi connectivity index (χ2n) is 5.06. The van der Waals surface area contributed by atoms with Crippen molar-refractivity contribution in [2.24, 2.45) is 5.10 Å². The fraction of sp³-hybridized carbons (Fsp3) is 0.294. The molecule has 0 unspecified atom stereocenters. The lowest BCUT2D eigenvalue weighted by Crippen LogP contribution is -2.17. The average molecular weight is 349 g/mol. The largest absolute Gasteiger partial charge is 0.271 e. The van der Waals surface area contributed by atoms with Crippen molar-refractivity contribution in [3.63, 3.8) is 0 Å². The molecule has 0 radical (unpaired) electrons. The molecule has 0 atom stereocenters. The molecule has 1 aromatic rings. The number of benzene rings is 1. The summed E-state index contributed by atoms with van der Waals surface area (Å²) in [6.07, 6.45) is 7.77. The van der Waals surface area contributed by atoms with Gasteiger partial charge in [0.15, 0.2) is 0 Å². The molecule has 0 saturated carbocycles. The zero-order valence-electron chi connectivity index (χ0n) is 12.7. The highest BCUT2D eigenvalue weighted by molar-refractivity contribution is 9.10. The standard InChI is InChI=1S/C17H21BrN2O/c1-13(2)6-4-7-14(3)10-11-19-20-17(21)15-8-5-9-16(18)12-15/h5-6,8-12H,4,7H2,1-3H3,(H,20,21)/b14-10+,19-11+. The molecule has 112 valence electrons. The maximum Gasteiger partial charge on any atom is 0.271 e. The lowest BCUT2D eigenvalue weighted by atomic mass is 10.1. The van der Waals surface area contributed by atoms with E-state index < -0.39 is 0 Å². The number of hydrogen-bond acceptors (Lipinski definition) is 2. The van der Waals surface area contributed by atoms with E-state index >= 15 is 0 Å². The fourth-order valence-corrected chi connectivity index (χ4v) is 2.03. The van der Waals surface area contributed by atoms with Crippen LogP contribution in [0.4, 0.5) is 0 Å². The van der Waals surface area contributed by atoms with E-state index in [1.165, 1.54) is 11.1 Å². The zero-order valence-corrected chi connectivity index (χ0v) is 14.3. The third-order valence-electron chi connectivity index (χ3n) is 2.78. The van der Waals surface area contributed by atoms with E-state index in [1.54, 1.807) is 18.3 Å². The van der Waals surface area contributed by atoms with E-state index in [-0.39, 0.29) is 5.91 Å². The highest BCUT2D eigenvalue weighted by Gasteiger charge is 2.03. The Morgan fingerprint density at radius 1 is 1.33 bits per heavy atom. The Morgan fingerprint density at radius 3 is 2.76 bits per heavy atom. The first-order valence-electron chi connectivity index (χ1n) is 6.87. The van der Waals surface area contributed by atoms with Crippen molar-refractivity contribution in [3.05, 3.63) is 57.6 Å². The predicted molar refractivity (Wildman–Crippen MR) is 92.5 cm³/mol. The first-order valence-corrected chi connectivity index (χ1v) is 7.66. The molecule has 0 aliphatic heterocycles. The molecule has 0 bridgehead atoms. The molecule has 1 N–H and O–H groups in total. The smallest absolute Gasteiger partial charge is 0.267 e. The number of halogens is 1. The Morgan fingerprint density at radius 2 is 2.10 bits per heavy atom. The second kappa shape index (κ2) is 9.29. The van der Waals surface area contributed by atoms with Crippen molar-refractivity contribution in [1.29, 1.82) is 0 Å². The lowest BCUT2D eigenvalue weighted by Gasteiger charge is -2.00. The topological polar surface area (TPSA) is 41.5 Å². The fourth-order valence-electron chi connectivity index (χ4n) is 1.63. The summed E-state index contributed by atoms with van der Waals surface area (Å²) in [6, 6.07) is 7.19. The molecule has 21 heavy (non-hydrogen) atoms. The Kier molecular flexibility index (Phi) is 7.69. The number of carbonyl (C=O) groups excluding carboxylic acids is 1. The molecule has 0 aliphatic rings. The molecule has 0 spiro atoms. The van der Waals surface area contributed by atoms with Crippen LogP contribution < -0.4 is 5.43 Å². The van der Waals surface area contributed by atoms with Crippen molar-refractivity contribution in [2.75, 3.05) is 0 Å². The molecule has 0 aromatic heterocycles. The van der Waals surface area contributed by atoms with Crippen LogP contribution in [0.15, 0.2) is 57.1 Å². The number of amides is 1. The second-order valence-corrected chi connectivity index (χ2v) is 5.98. The Balaban J connectivity index is 2.43. The van der Waals surface area contributed by atoms with Crippen LogP contribution in [0.1, 0.15) is 44.0 Å². The number of rotatable bonds is 6. The molecule has 1 aromatic carbocycles. The van der Waals surface area contributed by atoms with Crippen molar-refractivity contribution in [1.82, 2.24) is 5.43 Å². The van der Waals surface area contributed by atoms with Crippen LogP contribution in [0, 0.1) is 0 Å². The van der Waals surface area contributed by atoms with Gasteiger partial charge in [-0.3, -0.25) is 4.79 Å². The van der Waals surface area contributed by atoms with Crippen LogP contribution in [0.5, 0.6) is 0 Å². The summed E-state index contributed by atoms with van der Waals surface area (Å²) >= 11 is 3.33. The van der Waals surface area contributed by atoms with Gasteiger partial charge in [-0.05, 0) is 57.9 Å². The van der Waals surface area contributed by atoms with Crippen LogP contribution in [0.3, 0.4) is 0 Å². The van der Waals surface area contributed by atoms with Crippen LogP contribution >= 0.6 is 15.9 Å². The number of allylic oxidation sites excluding steroid dienone is 4. The third kappa shape index (κ3) is 7.61. The van der Waals surface area contributed by atoms with Crippen LogP contribution in [0.2, 0.25) is 0 Å². The molecule has 3 nitrogen and oxygen atoms in total. The quantitative estimate of drug-likeness (QED) is 0.445. The van der Waals surface area contributed by atoms with Crippen LogP contribution in [-0.4, -0.2) is 12.1 Å². The number of hydrogen-bond donors (Lipinski definition) is 1. The van der Waals surface area contributed by atoms with E-state index in [1.807, 2.05) is 18.2 Å². The summed E-state index contributed by atoms with van der Waals surface area (Å²) in [5, 5.41) is 3.93. The van der Waals surface area contributed by atoms with Gasteiger partial charge in [-0.2, -0.15) is 5.10 Å². The Labute approximate surface area is 135 Å². The minimum atomic E-state index is -0.219. The monoisotopic (exact) mass is 348 g/mol. The molecule has 1 rings (SSSR count). The summed E-state index contributed by atoms with van der Waals surface area (Å²) in [5.74, 6) is -0.219. The number of hydrazone groups is 1. The van der Waals surface area contributed by atoms with Gasteiger partial charge in [-0.25, -0.2) is 5.43 Å². The first-order chi connectivity index (χ1) is 9.99. The summed E-state index contributed by atoms with van der Waals surface area (Å²) in [7, 11) is 0. The zero-order chi connectivity index (χ0) is 15.7. The Bertz CT molecular complexity index is 570. The molecule has 4 heteroatoms. The van der Waals surface area contributed by atoms with Crippen molar-refractivity contribution in [3.8, 4) is 0 Å². The van der Waals surface area contributed by atoms with Crippen molar-refractivity contribution < 1.29 is 4.79 Å². The molecular formula is C17H21BrN2O. The molecule has 1 amide bonds. The molecule has 0 aliphatic carbocycles. The SMILES string of the molecule is CC(C)=CCC/C(C)=C/C=N/NC(=O)c1cccc(Br)c1. The van der Waals surface area contributed by atoms with Gasteiger partial charge in [-0.15, -0.1) is 0 Å². The van der Waals surface area contributed by atoms with Gasteiger partial charge in [-0.1, -0.05) is 39.2 Å². The lowest BCUT2D eigenvalue weighted by molar-refractivity contribution is 0.0955. The molecule has 0 saturated heterocycles. The number of nitrogens with zero attached hydrogens (tertiary/aromatic N) is 1. The predicted octanol–water partition coefficient (Wildman–Crippen LogP) is 4.86. The van der Waals surface area contributed by atoms with Crippen molar-refractivity contribution >= 4 is 28.1 Å². The van der Waals surface area contributed by atoms with Crippen LogP contribution in [0.25, 0.3) is 0 Å². The Hall–Kier alpha value is -1.68. The van der Waals surface area contributed by atoms with Gasteiger partial charge in [0.05, 0.1) is 0 Å². The average Bonchev–Trinajstić information content (AvgIpc) is 2.43. The van der Waals surface area contributed by atoms with E-state index in [0.717, 1.165) is 17.3 Å². The minimum Gasteiger partial charge on any atom is -0.267 e. The van der Waals surface area contributed by atoms with Crippen LogP contribution in [-0.2, 0) is 0 Å². The van der Waals surface area contributed by atoms with Gasteiger partial charge < -0.3 is 0 Å².